The minimum Gasteiger partial charge on any atom is -0.497 e. The summed E-state index contributed by atoms with van der Waals surface area (Å²) in [5, 5.41) is 4.05. The van der Waals surface area contributed by atoms with Gasteiger partial charge in [-0.3, -0.25) is 0 Å². The fraction of sp³-hybridized carbons (Fsp3) is 0.429. The van der Waals surface area contributed by atoms with Gasteiger partial charge in [-0.25, -0.2) is 0 Å². The topological polar surface area (TPSA) is 74.2 Å². The maximum atomic E-state index is 5.47. The molecular formula is C14H19N3O2. The molecule has 0 spiro atoms. The van der Waals surface area contributed by atoms with Gasteiger partial charge in [0.1, 0.15) is 5.75 Å². The molecule has 1 aromatic heterocycles. The van der Waals surface area contributed by atoms with Gasteiger partial charge in [-0.05, 0) is 50.1 Å². The van der Waals surface area contributed by atoms with E-state index in [1.807, 2.05) is 26.0 Å². The average molecular weight is 261 g/mol. The molecule has 2 aromatic rings. The molecule has 0 amide bonds. The van der Waals surface area contributed by atoms with E-state index in [0.29, 0.717) is 18.3 Å². The molecule has 2 rings (SSSR count). The highest BCUT2D eigenvalue weighted by Gasteiger charge is 2.14. The number of hydrogen-bond acceptors (Lipinski definition) is 5. The lowest BCUT2D eigenvalue weighted by atomic mass is 10.0. The van der Waals surface area contributed by atoms with Gasteiger partial charge < -0.3 is 15.0 Å². The monoisotopic (exact) mass is 261 g/mol. The summed E-state index contributed by atoms with van der Waals surface area (Å²) < 4.78 is 10.5. The Hall–Kier alpha value is -1.88. The van der Waals surface area contributed by atoms with Gasteiger partial charge >= 0.3 is 0 Å². The SMILES string of the molecule is COc1cc(C)c(-c2noc(CCCN)n2)c(C)c1. The average Bonchev–Trinajstić information content (AvgIpc) is 2.84. The molecule has 0 radical (unpaired) electrons. The highest BCUT2D eigenvalue weighted by atomic mass is 16.5. The number of methoxy groups -OCH3 is 1. The van der Waals surface area contributed by atoms with Gasteiger partial charge in [0.2, 0.25) is 11.7 Å². The van der Waals surface area contributed by atoms with Crippen LogP contribution in [0.25, 0.3) is 11.4 Å². The van der Waals surface area contributed by atoms with Crippen molar-refractivity contribution < 1.29 is 9.26 Å². The molecule has 0 saturated carbocycles. The summed E-state index contributed by atoms with van der Waals surface area (Å²) in [5.74, 6) is 2.10. The van der Waals surface area contributed by atoms with Crippen molar-refractivity contribution in [3.8, 4) is 17.1 Å². The minimum absolute atomic E-state index is 0.623. The number of benzene rings is 1. The Morgan fingerprint density at radius 2 is 1.95 bits per heavy atom. The number of aryl methyl sites for hydroxylation is 3. The second kappa shape index (κ2) is 5.84. The van der Waals surface area contributed by atoms with Gasteiger partial charge in [-0.2, -0.15) is 4.98 Å². The van der Waals surface area contributed by atoms with Crippen LogP contribution in [0, 0.1) is 13.8 Å². The van der Waals surface area contributed by atoms with Crippen LogP contribution in [0.1, 0.15) is 23.4 Å². The third-order valence-electron chi connectivity index (χ3n) is 3.03. The zero-order chi connectivity index (χ0) is 13.8. The fourth-order valence-corrected chi connectivity index (χ4v) is 2.11. The molecule has 0 aliphatic rings. The first-order valence-electron chi connectivity index (χ1n) is 6.34. The van der Waals surface area contributed by atoms with Gasteiger partial charge in [-0.15, -0.1) is 0 Å². The van der Waals surface area contributed by atoms with Crippen LogP contribution in [0.5, 0.6) is 5.75 Å². The Morgan fingerprint density at radius 3 is 2.53 bits per heavy atom. The number of hydrogen-bond donors (Lipinski definition) is 1. The summed E-state index contributed by atoms with van der Waals surface area (Å²) in [7, 11) is 1.66. The van der Waals surface area contributed by atoms with Crippen LogP contribution in [0.15, 0.2) is 16.7 Å². The Kier molecular flexibility index (Phi) is 4.16. The van der Waals surface area contributed by atoms with Gasteiger partial charge in [-0.1, -0.05) is 5.16 Å². The van der Waals surface area contributed by atoms with E-state index >= 15 is 0 Å². The van der Waals surface area contributed by atoms with E-state index in [4.69, 9.17) is 15.0 Å². The molecule has 0 aliphatic carbocycles. The number of nitrogens with zero attached hydrogens (tertiary/aromatic N) is 2. The van der Waals surface area contributed by atoms with Crippen LogP contribution in [-0.4, -0.2) is 23.8 Å². The highest BCUT2D eigenvalue weighted by molar-refractivity contribution is 5.65. The Bertz CT molecular complexity index is 541. The first-order chi connectivity index (χ1) is 9.15. The smallest absolute Gasteiger partial charge is 0.227 e. The number of aromatic nitrogens is 2. The van der Waals surface area contributed by atoms with Gasteiger partial charge in [0, 0.05) is 12.0 Å². The molecule has 1 heterocycles. The summed E-state index contributed by atoms with van der Waals surface area (Å²) in [6, 6.07) is 3.94. The van der Waals surface area contributed by atoms with Crippen molar-refractivity contribution in [3.63, 3.8) is 0 Å². The second-order valence-electron chi connectivity index (χ2n) is 4.54. The van der Waals surface area contributed by atoms with Crippen LogP contribution >= 0.6 is 0 Å². The molecule has 2 N–H and O–H groups in total. The molecule has 19 heavy (non-hydrogen) atoms. The summed E-state index contributed by atoms with van der Waals surface area (Å²) in [6.45, 7) is 4.65. The van der Waals surface area contributed by atoms with Crippen LogP contribution in [0.4, 0.5) is 0 Å². The Balaban J connectivity index is 2.33. The van der Waals surface area contributed by atoms with E-state index in [9.17, 15) is 0 Å². The van der Waals surface area contributed by atoms with Gasteiger partial charge in [0.15, 0.2) is 0 Å². The van der Waals surface area contributed by atoms with E-state index in [1.54, 1.807) is 7.11 Å². The molecule has 5 heteroatoms. The van der Waals surface area contributed by atoms with Crippen molar-refractivity contribution >= 4 is 0 Å². The van der Waals surface area contributed by atoms with E-state index in [0.717, 1.165) is 35.3 Å². The third-order valence-corrected chi connectivity index (χ3v) is 3.03. The number of ether oxygens (including phenoxy) is 1. The second-order valence-corrected chi connectivity index (χ2v) is 4.54. The van der Waals surface area contributed by atoms with Crippen LogP contribution in [0.2, 0.25) is 0 Å². The van der Waals surface area contributed by atoms with Crippen LogP contribution < -0.4 is 10.5 Å². The molecular weight excluding hydrogens is 242 g/mol. The van der Waals surface area contributed by atoms with E-state index in [2.05, 4.69) is 10.1 Å². The fourth-order valence-electron chi connectivity index (χ4n) is 2.11. The Labute approximate surface area is 112 Å². The molecule has 0 unspecified atom stereocenters. The highest BCUT2D eigenvalue weighted by Crippen LogP contribution is 2.29. The molecule has 0 fully saturated rings. The molecule has 0 bridgehead atoms. The molecule has 1 aromatic carbocycles. The van der Waals surface area contributed by atoms with Crippen molar-refractivity contribution in [2.24, 2.45) is 5.73 Å². The number of nitrogens with two attached hydrogens (primary N) is 1. The van der Waals surface area contributed by atoms with Gasteiger partial charge in [0.05, 0.1) is 7.11 Å². The zero-order valence-corrected chi connectivity index (χ0v) is 11.6. The quantitative estimate of drug-likeness (QED) is 0.893. The molecule has 102 valence electrons. The van der Waals surface area contributed by atoms with E-state index < -0.39 is 0 Å². The van der Waals surface area contributed by atoms with Crippen molar-refractivity contribution in [1.29, 1.82) is 0 Å². The first kappa shape index (κ1) is 13.5. The molecule has 0 atom stereocenters. The molecule has 0 aliphatic heterocycles. The van der Waals surface area contributed by atoms with E-state index in [-0.39, 0.29) is 0 Å². The number of rotatable bonds is 5. The Morgan fingerprint density at radius 1 is 1.26 bits per heavy atom. The van der Waals surface area contributed by atoms with Crippen molar-refractivity contribution in [2.45, 2.75) is 26.7 Å². The van der Waals surface area contributed by atoms with Crippen molar-refractivity contribution in [3.05, 3.63) is 29.2 Å². The standard InChI is InChI=1S/C14H19N3O2/c1-9-7-11(18-3)8-10(2)13(9)14-16-12(19-17-14)5-4-6-15/h7-8H,4-6,15H2,1-3H3. The first-order valence-corrected chi connectivity index (χ1v) is 6.34. The summed E-state index contributed by atoms with van der Waals surface area (Å²) in [6.07, 6.45) is 1.57. The normalized spacial score (nSPS) is 10.7. The van der Waals surface area contributed by atoms with E-state index in [1.165, 1.54) is 0 Å². The zero-order valence-electron chi connectivity index (χ0n) is 11.6. The molecule has 0 saturated heterocycles. The summed E-state index contributed by atoms with van der Waals surface area (Å²) in [5.41, 5.74) is 8.62. The summed E-state index contributed by atoms with van der Waals surface area (Å²) in [4.78, 5) is 4.42. The lowest BCUT2D eigenvalue weighted by Crippen LogP contribution is -2.00. The maximum absolute atomic E-state index is 5.47. The van der Waals surface area contributed by atoms with Crippen molar-refractivity contribution in [1.82, 2.24) is 10.1 Å². The third kappa shape index (κ3) is 2.93. The lowest BCUT2D eigenvalue weighted by molar-refractivity contribution is 0.376. The van der Waals surface area contributed by atoms with Crippen LogP contribution in [-0.2, 0) is 6.42 Å². The largest absolute Gasteiger partial charge is 0.497 e. The minimum atomic E-state index is 0.623. The lowest BCUT2D eigenvalue weighted by Gasteiger charge is -2.08. The summed E-state index contributed by atoms with van der Waals surface area (Å²) >= 11 is 0. The van der Waals surface area contributed by atoms with Crippen LogP contribution in [0.3, 0.4) is 0 Å². The maximum Gasteiger partial charge on any atom is 0.227 e. The van der Waals surface area contributed by atoms with Gasteiger partial charge in [0.25, 0.3) is 0 Å². The molecule has 5 nitrogen and oxygen atoms in total. The van der Waals surface area contributed by atoms with Crippen molar-refractivity contribution in [2.75, 3.05) is 13.7 Å². The predicted octanol–water partition coefficient (Wildman–Crippen LogP) is 2.25. The predicted molar refractivity (Wildman–Crippen MR) is 73.1 cm³/mol.